The topological polar surface area (TPSA) is 30.7 Å². The number of benzene rings is 1. The molecule has 23 heavy (non-hydrogen) atoms. The first-order valence-corrected chi connectivity index (χ1v) is 9.11. The van der Waals surface area contributed by atoms with Gasteiger partial charge in [-0.15, -0.1) is 11.8 Å². The highest BCUT2D eigenvalue weighted by Crippen LogP contribution is 2.32. The second-order valence-electron chi connectivity index (χ2n) is 5.07. The summed E-state index contributed by atoms with van der Waals surface area (Å²) in [6.45, 7) is 3.89. The lowest BCUT2D eigenvalue weighted by Gasteiger charge is -2.09. The molecular weight excluding hydrogens is 343 g/mol. The van der Waals surface area contributed by atoms with Crippen molar-refractivity contribution in [3.8, 4) is 11.4 Å². The molecule has 0 fully saturated rings. The lowest BCUT2D eigenvalue weighted by Crippen LogP contribution is -2.10. The molecule has 0 saturated heterocycles. The molecule has 2 rings (SSSR count). The predicted molar refractivity (Wildman–Crippen MR) is 89.0 cm³/mol. The zero-order chi connectivity index (χ0) is 17.0. The highest BCUT2D eigenvalue weighted by atomic mass is 32.2. The average molecular weight is 361 g/mol. The SMILES string of the molecule is CCCSc1nc(-c2ccc(C)c(SCC(F)(F)F)c2)nn1C. The van der Waals surface area contributed by atoms with Gasteiger partial charge in [-0.2, -0.15) is 18.3 Å². The summed E-state index contributed by atoms with van der Waals surface area (Å²) in [5, 5.41) is 5.18. The Bertz CT molecular complexity index is 668. The average Bonchev–Trinajstić information content (AvgIpc) is 2.84. The van der Waals surface area contributed by atoms with Crippen LogP contribution < -0.4 is 0 Å². The molecule has 0 saturated carbocycles. The summed E-state index contributed by atoms with van der Waals surface area (Å²) in [5.41, 5.74) is 1.55. The fourth-order valence-electron chi connectivity index (χ4n) is 1.87. The molecule has 0 aliphatic heterocycles. The fourth-order valence-corrected chi connectivity index (χ4v) is 3.46. The molecule has 126 valence electrons. The number of hydrogen-bond acceptors (Lipinski definition) is 4. The van der Waals surface area contributed by atoms with Crippen molar-refractivity contribution in [2.24, 2.45) is 7.05 Å². The highest BCUT2D eigenvalue weighted by molar-refractivity contribution is 7.99. The van der Waals surface area contributed by atoms with Gasteiger partial charge in [0.25, 0.3) is 0 Å². The molecule has 1 aromatic heterocycles. The zero-order valence-electron chi connectivity index (χ0n) is 13.1. The van der Waals surface area contributed by atoms with Crippen LogP contribution in [0.15, 0.2) is 28.3 Å². The summed E-state index contributed by atoms with van der Waals surface area (Å²) in [7, 11) is 1.82. The minimum atomic E-state index is -4.18. The van der Waals surface area contributed by atoms with Crippen LogP contribution in [-0.4, -0.2) is 32.4 Å². The van der Waals surface area contributed by atoms with Crippen molar-refractivity contribution in [3.63, 3.8) is 0 Å². The van der Waals surface area contributed by atoms with Crippen LogP contribution in [0.4, 0.5) is 13.2 Å². The number of halogens is 3. The number of aromatic nitrogens is 3. The van der Waals surface area contributed by atoms with E-state index in [1.54, 1.807) is 29.4 Å². The fraction of sp³-hybridized carbons (Fsp3) is 0.467. The van der Waals surface area contributed by atoms with E-state index in [9.17, 15) is 13.2 Å². The van der Waals surface area contributed by atoms with E-state index < -0.39 is 11.9 Å². The molecule has 0 spiro atoms. The molecular formula is C15H18F3N3S2. The maximum atomic E-state index is 12.4. The number of hydrogen-bond donors (Lipinski definition) is 0. The Morgan fingerprint density at radius 2 is 1.96 bits per heavy atom. The third kappa shape index (κ3) is 5.17. The van der Waals surface area contributed by atoms with Crippen molar-refractivity contribution in [2.45, 2.75) is 36.5 Å². The van der Waals surface area contributed by atoms with Crippen molar-refractivity contribution >= 4 is 23.5 Å². The van der Waals surface area contributed by atoms with E-state index in [0.717, 1.165) is 40.2 Å². The Labute approximate surface area is 142 Å². The molecule has 0 radical (unpaired) electrons. The van der Waals surface area contributed by atoms with Gasteiger partial charge in [-0.25, -0.2) is 9.67 Å². The Morgan fingerprint density at radius 3 is 2.61 bits per heavy atom. The number of thioether (sulfide) groups is 2. The molecule has 0 unspecified atom stereocenters. The normalized spacial score (nSPS) is 11.9. The molecule has 1 heterocycles. The number of rotatable bonds is 6. The molecule has 8 heteroatoms. The second-order valence-corrected chi connectivity index (χ2v) is 7.15. The summed E-state index contributed by atoms with van der Waals surface area (Å²) in [5.74, 6) is 0.594. The molecule has 0 atom stereocenters. The van der Waals surface area contributed by atoms with E-state index in [1.165, 1.54) is 0 Å². The molecule has 1 aromatic carbocycles. The smallest absolute Gasteiger partial charge is 0.243 e. The van der Waals surface area contributed by atoms with Crippen LogP contribution >= 0.6 is 23.5 Å². The van der Waals surface area contributed by atoms with Gasteiger partial charge in [-0.1, -0.05) is 30.8 Å². The molecule has 0 N–H and O–H groups in total. The van der Waals surface area contributed by atoms with Crippen LogP contribution in [0.1, 0.15) is 18.9 Å². The van der Waals surface area contributed by atoms with Crippen LogP contribution in [0.3, 0.4) is 0 Å². The molecule has 3 nitrogen and oxygen atoms in total. The number of nitrogens with zero attached hydrogens (tertiary/aromatic N) is 3. The first-order chi connectivity index (χ1) is 10.8. The van der Waals surface area contributed by atoms with E-state index >= 15 is 0 Å². The van der Waals surface area contributed by atoms with Crippen molar-refractivity contribution in [2.75, 3.05) is 11.5 Å². The molecule has 0 amide bonds. The van der Waals surface area contributed by atoms with Crippen LogP contribution in [0.2, 0.25) is 0 Å². The first-order valence-electron chi connectivity index (χ1n) is 7.14. The Morgan fingerprint density at radius 1 is 1.22 bits per heavy atom. The van der Waals surface area contributed by atoms with Gasteiger partial charge in [-0.3, -0.25) is 0 Å². The largest absolute Gasteiger partial charge is 0.398 e. The standard InChI is InChI=1S/C15H18F3N3S2/c1-4-7-22-14-19-13(20-21(14)3)11-6-5-10(2)12(8-11)23-9-15(16,17)18/h5-6,8H,4,7,9H2,1-3H3. The number of aryl methyl sites for hydroxylation is 2. The summed E-state index contributed by atoms with van der Waals surface area (Å²) >= 11 is 2.41. The highest BCUT2D eigenvalue weighted by Gasteiger charge is 2.27. The van der Waals surface area contributed by atoms with E-state index in [4.69, 9.17) is 0 Å². The van der Waals surface area contributed by atoms with Gasteiger partial charge in [0.2, 0.25) is 0 Å². The van der Waals surface area contributed by atoms with Gasteiger partial charge in [-0.05, 0) is 25.0 Å². The van der Waals surface area contributed by atoms with E-state index in [0.29, 0.717) is 10.7 Å². The van der Waals surface area contributed by atoms with Crippen LogP contribution in [-0.2, 0) is 7.05 Å². The van der Waals surface area contributed by atoms with Gasteiger partial charge in [0, 0.05) is 23.3 Å². The van der Waals surface area contributed by atoms with Crippen LogP contribution in [0, 0.1) is 6.92 Å². The Kier molecular flexibility index (Phi) is 6.02. The van der Waals surface area contributed by atoms with Crippen molar-refractivity contribution in [1.29, 1.82) is 0 Å². The van der Waals surface area contributed by atoms with Gasteiger partial charge >= 0.3 is 6.18 Å². The third-order valence-electron chi connectivity index (χ3n) is 3.00. The minimum absolute atomic E-state index is 0.542. The monoisotopic (exact) mass is 361 g/mol. The van der Waals surface area contributed by atoms with Crippen LogP contribution in [0.25, 0.3) is 11.4 Å². The third-order valence-corrected chi connectivity index (χ3v) is 5.44. The first kappa shape index (κ1) is 18.2. The maximum absolute atomic E-state index is 12.4. The van der Waals surface area contributed by atoms with E-state index in [-0.39, 0.29) is 0 Å². The molecule has 2 aromatic rings. The van der Waals surface area contributed by atoms with Gasteiger partial charge in [0.05, 0.1) is 5.75 Å². The van der Waals surface area contributed by atoms with Crippen LogP contribution in [0.5, 0.6) is 0 Å². The summed E-state index contributed by atoms with van der Waals surface area (Å²) in [4.78, 5) is 5.09. The summed E-state index contributed by atoms with van der Waals surface area (Å²) in [6, 6.07) is 5.38. The predicted octanol–water partition coefficient (Wildman–Crippen LogP) is 4.95. The Hall–Kier alpha value is -1.15. The van der Waals surface area contributed by atoms with E-state index in [2.05, 4.69) is 17.0 Å². The molecule has 0 bridgehead atoms. The lowest BCUT2D eigenvalue weighted by molar-refractivity contribution is -0.105. The Balaban J connectivity index is 2.23. The summed E-state index contributed by atoms with van der Waals surface area (Å²) in [6.07, 6.45) is -3.14. The van der Waals surface area contributed by atoms with Crippen molar-refractivity contribution < 1.29 is 13.2 Å². The maximum Gasteiger partial charge on any atom is 0.398 e. The van der Waals surface area contributed by atoms with Gasteiger partial charge in [0.1, 0.15) is 0 Å². The second kappa shape index (κ2) is 7.61. The summed E-state index contributed by atoms with van der Waals surface area (Å²) < 4.78 is 39.0. The number of alkyl halides is 3. The van der Waals surface area contributed by atoms with Crippen molar-refractivity contribution in [1.82, 2.24) is 14.8 Å². The lowest BCUT2D eigenvalue weighted by atomic mass is 10.1. The minimum Gasteiger partial charge on any atom is -0.243 e. The molecule has 0 aliphatic rings. The van der Waals surface area contributed by atoms with E-state index in [1.807, 2.05) is 19.2 Å². The van der Waals surface area contributed by atoms with Gasteiger partial charge in [0.15, 0.2) is 11.0 Å². The zero-order valence-corrected chi connectivity index (χ0v) is 14.8. The van der Waals surface area contributed by atoms with Crippen molar-refractivity contribution in [3.05, 3.63) is 23.8 Å². The van der Waals surface area contributed by atoms with Gasteiger partial charge < -0.3 is 0 Å². The quantitative estimate of drug-likeness (QED) is 0.682. The molecule has 0 aliphatic carbocycles.